The molecule has 0 aliphatic carbocycles. The molecular weight excluding hydrogens is 378 g/mol. The number of amides is 2. The van der Waals surface area contributed by atoms with Gasteiger partial charge in [-0.3, -0.25) is 9.59 Å². The zero-order valence-corrected chi connectivity index (χ0v) is 18.2. The molecule has 0 aliphatic heterocycles. The molecule has 2 rings (SSSR count). The van der Waals surface area contributed by atoms with E-state index in [1.807, 2.05) is 30.3 Å². The molecule has 0 aromatic heterocycles. The molecule has 6 heteroatoms. The predicted molar refractivity (Wildman–Crippen MR) is 123 cm³/mol. The number of hydrogen-bond donors (Lipinski definition) is 3. The van der Waals surface area contributed by atoms with Crippen LogP contribution in [-0.2, 0) is 9.59 Å². The second-order valence-electron chi connectivity index (χ2n) is 7.69. The van der Waals surface area contributed by atoms with Crippen molar-refractivity contribution >= 4 is 28.9 Å². The normalized spacial score (nSPS) is 10.5. The Balaban J connectivity index is 1.86. The van der Waals surface area contributed by atoms with Crippen LogP contribution in [-0.4, -0.2) is 25.0 Å². The molecule has 0 spiro atoms. The first kappa shape index (κ1) is 23.3. The Morgan fingerprint density at radius 1 is 0.933 bits per heavy atom. The summed E-state index contributed by atoms with van der Waals surface area (Å²) in [5.74, 6) is 0.958. The van der Waals surface area contributed by atoms with Crippen LogP contribution in [0.3, 0.4) is 0 Å². The topological polar surface area (TPSA) is 79.5 Å². The van der Waals surface area contributed by atoms with E-state index in [0.717, 1.165) is 30.7 Å². The van der Waals surface area contributed by atoms with Crippen molar-refractivity contribution in [1.82, 2.24) is 0 Å². The van der Waals surface area contributed by atoms with Crippen molar-refractivity contribution in [2.45, 2.75) is 46.5 Å². The van der Waals surface area contributed by atoms with E-state index < -0.39 is 0 Å². The zero-order valence-electron chi connectivity index (χ0n) is 18.2. The summed E-state index contributed by atoms with van der Waals surface area (Å²) in [5, 5.41) is 8.86. The number of carbonyl (C=O) groups excluding carboxylic acids is 2. The smallest absolute Gasteiger partial charge is 0.243 e. The Morgan fingerprint density at radius 2 is 1.63 bits per heavy atom. The molecule has 0 saturated carbocycles. The zero-order chi connectivity index (χ0) is 21.8. The molecule has 0 saturated heterocycles. The molecule has 0 unspecified atom stereocenters. The lowest BCUT2D eigenvalue weighted by Crippen LogP contribution is -2.22. The van der Waals surface area contributed by atoms with Gasteiger partial charge < -0.3 is 20.7 Å². The molecule has 0 fully saturated rings. The van der Waals surface area contributed by atoms with Gasteiger partial charge in [0.05, 0.1) is 18.8 Å². The molecule has 162 valence electrons. The molecule has 0 heterocycles. The van der Waals surface area contributed by atoms with E-state index in [1.54, 1.807) is 18.2 Å². The van der Waals surface area contributed by atoms with Crippen molar-refractivity contribution in [3.8, 4) is 5.75 Å². The van der Waals surface area contributed by atoms with Crippen LogP contribution in [0.1, 0.15) is 46.5 Å². The molecule has 0 bridgehead atoms. The summed E-state index contributed by atoms with van der Waals surface area (Å²) in [6, 6.07) is 14.7. The van der Waals surface area contributed by atoms with Gasteiger partial charge in [0.15, 0.2) is 0 Å². The average Bonchev–Trinajstić information content (AvgIpc) is 2.71. The first-order chi connectivity index (χ1) is 14.5. The number of unbranched alkanes of at least 4 members (excludes halogenated alkanes) is 2. The lowest BCUT2D eigenvalue weighted by molar-refractivity contribution is -0.116. The fourth-order valence-corrected chi connectivity index (χ4v) is 2.81. The second kappa shape index (κ2) is 12.5. The minimum Gasteiger partial charge on any atom is -0.491 e. The maximum absolute atomic E-state index is 12.4. The van der Waals surface area contributed by atoms with Crippen molar-refractivity contribution in [3.05, 3.63) is 48.5 Å². The van der Waals surface area contributed by atoms with Gasteiger partial charge in [-0.05, 0) is 42.7 Å². The van der Waals surface area contributed by atoms with Gasteiger partial charge >= 0.3 is 0 Å². The second-order valence-corrected chi connectivity index (χ2v) is 7.69. The highest BCUT2D eigenvalue weighted by Crippen LogP contribution is 2.24. The van der Waals surface area contributed by atoms with Crippen molar-refractivity contribution in [2.75, 3.05) is 29.1 Å². The van der Waals surface area contributed by atoms with E-state index in [0.29, 0.717) is 30.3 Å². The molecule has 0 atom stereocenters. The van der Waals surface area contributed by atoms with Crippen LogP contribution in [0.15, 0.2) is 48.5 Å². The summed E-state index contributed by atoms with van der Waals surface area (Å²) in [6.45, 7) is 7.00. The van der Waals surface area contributed by atoms with E-state index in [2.05, 4.69) is 36.7 Å². The number of para-hydroxylation sites is 2. The first-order valence-electron chi connectivity index (χ1n) is 10.6. The summed E-state index contributed by atoms with van der Waals surface area (Å²) >= 11 is 0. The lowest BCUT2D eigenvalue weighted by atomic mass is 10.2. The summed E-state index contributed by atoms with van der Waals surface area (Å²) < 4.78 is 5.80. The Labute approximate surface area is 179 Å². The standard InChI is InChI=1S/C24H33N3O3/c1-4-5-6-14-23(28)26-19-10-9-11-20(15-19)27-24(29)16-25-21-12-7-8-13-22(21)30-17-18(2)3/h7-13,15,18,25H,4-6,14,16-17H2,1-3H3,(H,26,28)(H,27,29). The molecule has 3 N–H and O–H groups in total. The van der Waals surface area contributed by atoms with Crippen LogP contribution in [0.2, 0.25) is 0 Å². The van der Waals surface area contributed by atoms with Crippen LogP contribution >= 0.6 is 0 Å². The van der Waals surface area contributed by atoms with Gasteiger partial charge in [-0.25, -0.2) is 0 Å². The molecule has 6 nitrogen and oxygen atoms in total. The number of rotatable bonds is 12. The quantitative estimate of drug-likeness (QED) is 0.415. The highest BCUT2D eigenvalue weighted by molar-refractivity contribution is 5.95. The number of benzene rings is 2. The van der Waals surface area contributed by atoms with Gasteiger partial charge in [0.25, 0.3) is 0 Å². The number of carbonyl (C=O) groups is 2. The number of anilines is 3. The van der Waals surface area contributed by atoms with Crippen molar-refractivity contribution in [2.24, 2.45) is 5.92 Å². The van der Waals surface area contributed by atoms with Crippen molar-refractivity contribution in [1.29, 1.82) is 0 Å². The Hall–Kier alpha value is -3.02. The van der Waals surface area contributed by atoms with E-state index in [1.165, 1.54) is 0 Å². The molecule has 2 aromatic carbocycles. The Morgan fingerprint density at radius 3 is 2.33 bits per heavy atom. The number of ether oxygens (including phenoxy) is 1. The van der Waals surface area contributed by atoms with Gasteiger partial charge in [-0.1, -0.05) is 51.8 Å². The van der Waals surface area contributed by atoms with Gasteiger partial charge in [0.2, 0.25) is 11.8 Å². The summed E-state index contributed by atoms with van der Waals surface area (Å²) in [4.78, 5) is 24.4. The molecule has 0 radical (unpaired) electrons. The van der Waals surface area contributed by atoms with E-state index >= 15 is 0 Å². The van der Waals surface area contributed by atoms with Crippen LogP contribution in [0.4, 0.5) is 17.1 Å². The molecule has 0 aliphatic rings. The average molecular weight is 412 g/mol. The third kappa shape index (κ3) is 8.55. The maximum atomic E-state index is 12.4. The van der Waals surface area contributed by atoms with E-state index in [9.17, 15) is 9.59 Å². The number of nitrogens with one attached hydrogen (secondary N) is 3. The van der Waals surface area contributed by atoms with Crippen LogP contribution in [0, 0.1) is 5.92 Å². The summed E-state index contributed by atoms with van der Waals surface area (Å²) in [7, 11) is 0. The van der Waals surface area contributed by atoms with Gasteiger partial charge in [-0.15, -0.1) is 0 Å². The lowest BCUT2D eigenvalue weighted by Gasteiger charge is -2.14. The summed E-state index contributed by atoms with van der Waals surface area (Å²) in [5.41, 5.74) is 2.09. The van der Waals surface area contributed by atoms with Gasteiger partial charge in [-0.2, -0.15) is 0 Å². The van der Waals surface area contributed by atoms with Gasteiger partial charge in [0.1, 0.15) is 5.75 Å². The third-order valence-electron chi connectivity index (χ3n) is 4.34. The van der Waals surface area contributed by atoms with E-state index in [4.69, 9.17) is 4.74 Å². The van der Waals surface area contributed by atoms with E-state index in [-0.39, 0.29) is 18.4 Å². The number of hydrogen-bond acceptors (Lipinski definition) is 4. The minimum atomic E-state index is -0.180. The molecule has 2 amide bonds. The first-order valence-corrected chi connectivity index (χ1v) is 10.6. The summed E-state index contributed by atoms with van der Waals surface area (Å²) in [6.07, 6.45) is 3.51. The molecule has 30 heavy (non-hydrogen) atoms. The largest absolute Gasteiger partial charge is 0.491 e. The minimum absolute atomic E-state index is 0.00778. The Kier molecular flexibility index (Phi) is 9.71. The van der Waals surface area contributed by atoms with Gasteiger partial charge in [0, 0.05) is 17.8 Å². The fourth-order valence-electron chi connectivity index (χ4n) is 2.81. The van der Waals surface area contributed by atoms with Crippen molar-refractivity contribution < 1.29 is 14.3 Å². The Bertz CT molecular complexity index is 821. The van der Waals surface area contributed by atoms with Crippen LogP contribution in [0.5, 0.6) is 5.75 Å². The van der Waals surface area contributed by atoms with Crippen LogP contribution < -0.4 is 20.7 Å². The highest BCUT2D eigenvalue weighted by atomic mass is 16.5. The monoisotopic (exact) mass is 411 g/mol. The highest BCUT2D eigenvalue weighted by Gasteiger charge is 2.08. The fraction of sp³-hybridized carbons (Fsp3) is 0.417. The third-order valence-corrected chi connectivity index (χ3v) is 4.34. The molecule has 2 aromatic rings. The van der Waals surface area contributed by atoms with Crippen LogP contribution in [0.25, 0.3) is 0 Å². The molecular formula is C24H33N3O3. The predicted octanol–water partition coefficient (Wildman–Crippen LogP) is 5.29. The maximum Gasteiger partial charge on any atom is 0.243 e. The SMILES string of the molecule is CCCCCC(=O)Nc1cccc(NC(=O)CNc2ccccc2OCC(C)C)c1. The van der Waals surface area contributed by atoms with Crippen molar-refractivity contribution in [3.63, 3.8) is 0 Å².